The van der Waals surface area contributed by atoms with Crippen molar-refractivity contribution in [1.82, 2.24) is 0 Å². The number of carboxylic acid groups (broad SMARTS) is 2. The number of anilines is 1. The molecule has 0 aliphatic rings. The lowest BCUT2D eigenvalue weighted by Crippen LogP contribution is -2.16. The predicted octanol–water partition coefficient (Wildman–Crippen LogP) is 2.50. The number of aromatic carboxylic acids is 2. The van der Waals surface area contributed by atoms with Gasteiger partial charge in [-0.25, -0.2) is 18.0 Å². The largest absolute Gasteiger partial charge is 0.478 e. The van der Waals surface area contributed by atoms with Crippen LogP contribution in [0.1, 0.15) is 31.8 Å². The lowest BCUT2D eigenvalue weighted by atomic mass is 10.1. The second-order valence-corrected chi connectivity index (χ2v) is 6.86. The van der Waals surface area contributed by atoms with E-state index in [-0.39, 0.29) is 21.7 Å². The van der Waals surface area contributed by atoms with Gasteiger partial charge < -0.3 is 10.2 Å². The van der Waals surface area contributed by atoms with Crippen molar-refractivity contribution in [3.8, 4) is 0 Å². The van der Waals surface area contributed by atoms with Crippen molar-refractivity contribution in [3.63, 3.8) is 0 Å². The molecule has 0 radical (unpaired) electrons. The van der Waals surface area contributed by atoms with Crippen molar-refractivity contribution in [2.75, 3.05) is 4.72 Å². The van der Waals surface area contributed by atoms with Crippen LogP contribution in [-0.2, 0) is 10.0 Å². The molecule has 0 aliphatic carbocycles. The SMILES string of the molecule is Cc1cc(C(=O)O)cc(S(=O)(=O)Nc2ccc(C(=O)O)cc2)c1C. The number of hydrogen-bond donors (Lipinski definition) is 3. The Kier molecular flexibility index (Phi) is 4.61. The molecule has 2 aromatic rings. The van der Waals surface area contributed by atoms with Gasteiger partial charge >= 0.3 is 11.9 Å². The molecule has 0 fully saturated rings. The zero-order valence-electron chi connectivity index (χ0n) is 12.9. The molecule has 0 atom stereocenters. The zero-order chi connectivity index (χ0) is 18.1. The minimum Gasteiger partial charge on any atom is -0.478 e. The highest BCUT2D eigenvalue weighted by Gasteiger charge is 2.21. The monoisotopic (exact) mass is 349 g/mol. The van der Waals surface area contributed by atoms with E-state index in [1.807, 2.05) is 0 Å². The first-order valence-corrected chi connectivity index (χ1v) is 8.31. The Morgan fingerprint density at radius 2 is 1.46 bits per heavy atom. The van der Waals surface area contributed by atoms with Gasteiger partial charge in [0.05, 0.1) is 16.0 Å². The molecule has 0 aliphatic heterocycles. The predicted molar refractivity (Wildman–Crippen MR) is 87.1 cm³/mol. The van der Waals surface area contributed by atoms with Crippen molar-refractivity contribution < 1.29 is 28.2 Å². The number of hydrogen-bond acceptors (Lipinski definition) is 4. The first-order valence-electron chi connectivity index (χ1n) is 6.82. The maximum absolute atomic E-state index is 12.5. The highest BCUT2D eigenvalue weighted by atomic mass is 32.2. The van der Waals surface area contributed by atoms with E-state index in [1.54, 1.807) is 13.8 Å². The molecule has 0 saturated heterocycles. The van der Waals surface area contributed by atoms with Crippen molar-refractivity contribution in [2.24, 2.45) is 0 Å². The third kappa shape index (κ3) is 3.54. The summed E-state index contributed by atoms with van der Waals surface area (Å²) in [5, 5.41) is 17.9. The van der Waals surface area contributed by atoms with Crippen LogP contribution in [0.25, 0.3) is 0 Å². The lowest BCUT2D eigenvalue weighted by molar-refractivity contribution is 0.0686. The Morgan fingerprint density at radius 1 is 0.917 bits per heavy atom. The Balaban J connectivity index is 2.43. The van der Waals surface area contributed by atoms with Gasteiger partial charge in [0.1, 0.15) is 0 Å². The number of rotatable bonds is 5. The van der Waals surface area contributed by atoms with Crippen LogP contribution in [-0.4, -0.2) is 30.6 Å². The highest BCUT2D eigenvalue weighted by molar-refractivity contribution is 7.92. The van der Waals surface area contributed by atoms with Crippen LogP contribution in [0.5, 0.6) is 0 Å². The van der Waals surface area contributed by atoms with Crippen LogP contribution in [0, 0.1) is 13.8 Å². The molecule has 0 amide bonds. The first kappa shape index (κ1) is 17.5. The maximum Gasteiger partial charge on any atom is 0.335 e. The quantitative estimate of drug-likeness (QED) is 0.762. The number of benzene rings is 2. The fourth-order valence-corrected chi connectivity index (χ4v) is 3.52. The van der Waals surface area contributed by atoms with Crippen molar-refractivity contribution in [2.45, 2.75) is 18.7 Å². The molecule has 0 heterocycles. The summed E-state index contributed by atoms with van der Waals surface area (Å²) >= 11 is 0. The number of nitrogens with one attached hydrogen (secondary N) is 1. The molecule has 3 N–H and O–H groups in total. The van der Waals surface area contributed by atoms with E-state index in [2.05, 4.69) is 4.72 Å². The van der Waals surface area contributed by atoms with E-state index in [0.717, 1.165) is 6.07 Å². The lowest BCUT2D eigenvalue weighted by Gasteiger charge is -2.13. The van der Waals surface area contributed by atoms with E-state index < -0.39 is 22.0 Å². The summed E-state index contributed by atoms with van der Waals surface area (Å²) in [5.74, 6) is -2.34. The van der Waals surface area contributed by atoms with Crippen LogP contribution in [0.15, 0.2) is 41.3 Å². The van der Waals surface area contributed by atoms with Crippen LogP contribution in [0.2, 0.25) is 0 Å². The smallest absolute Gasteiger partial charge is 0.335 e. The third-order valence-corrected chi connectivity index (χ3v) is 5.05. The Bertz CT molecular complexity index is 916. The summed E-state index contributed by atoms with van der Waals surface area (Å²) in [6.45, 7) is 3.21. The van der Waals surface area contributed by atoms with Gasteiger partial charge in [0.15, 0.2) is 0 Å². The normalized spacial score (nSPS) is 11.1. The summed E-state index contributed by atoms with van der Waals surface area (Å²) in [6.07, 6.45) is 0. The molecule has 7 nitrogen and oxygen atoms in total. The minimum absolute atomic E-state index is 0.0258. The molecule has 126 valence electrons. The van der Waals surface area contributed by atoms with Gasteiger partial charge in [0.2, 0.25) is 0 Å². The highest BCUT2D eigenvalue weighted by Crippen LogP contribution is 2.24. The van der Waals surface area contributed by atoms with Gasteiger partial charge in [-0.05, 0) is 61.4 Å². The number of carbonyl (C=O) groups is 2. The van der Waals surface area contributed by atoms with E-state index in [9.17, 15) is 18.0 Å². The second-order valence-electron chi connectivity index (χ2n) is 5.21. The van der Waals surface area contributed by atoms with E-state index in [4.69, 9.17) is 10.2 Å². The molecular formula is C16H15NO6S. The summed E-state index contributed by atoms with van der Waals surface area (Å²) in [6, 6.07) is 7.68. The Morgan fingerprint density at radius 3 is 1.96 bits per heavy atom. The topological polar surface area (TPSA) is 121 Å². The molecule has 0 aromatic heterocycles. The summed E-state index contributed by atoms with van der Waals surface area (Å²) < 4.78 is 27.4. The molecule has 24 heavy (non-hydrogen) atoms. The van der Waals surface area contributed by atoms with Gasteiger partial charge in [-0.3, -0.25) is 4.72 Å². The summed E-state index contributed by atoms with van der Waals surface area (Å²) in [5.41, 5.74) is 1.06. The Hall–Kier alpha value is -2.87. The molecular weight excluding hydrogens is 334 g/mol. The first-order chi connectivity index (χ1) is 11.1. The van der Waals surface area contributed by atoms with Crippen molar-refractivity contribution in [3.05, 3.63) is 58.7 Å². The molecule has 0 saturated carbocycles. The summed E-state index contributed by atoms with van der Waals surface area (Å²) in [7, 11) is -4.02. The van der Waals surface area contributed by atoms with Crippen LogP contribution in [0.4, 0.5) is 5.69 Å². The third-order valence-electron chi connectivity index (χ3n) is 3.54. The average Bonchev–Trinajstić information content (AvgIpc) is 2.49. The summed E-state index contributed by atoms with van der Waals surface area (Å²) in [4.78, 5) is 21.8. The fraction of sp³-hybridized carbons (Fsp3) is 0.125. The van der Waals surface area contributed by atoms with Gasteiger partial charge in [0, 0.05) is 5.69 Å². The second kappa shape index (κ2) is 6.32. The van der Waals surface area contributed by atoms with Gasteiger partial charge in [-0.1, -0.05) is 0 Å². The number of aryl methyl sites for hydroxylation is 1. The molecule has 2 aromatic carbocycles. The fourth-order valence-electron chi connectivity index (χ4n) is 2.12. The molecule has 2 rings (SSSR count). The average molecular weight is 349 g/mol. The maximum atomic E-state index is 12.5. The number of carboxylic acids is 2. The van der Waals surface area contributed by atoms with E-state index in [1.165, 1.54) is 30.3 Å². The van der Waals surface area contributed by atoms with Gasteiger partial charge in [-0.15, -0.1) is 0 Å². The van der Waals surface area contributed by atoms with E-state index in [0.29, 0.717) is 11.1 Å². The molecule has 0 unspecified atom stereocenters. The molecule has 0 bridgehead atoms. The standard InChI is InChI=1S/C16H15NO6S/c1-9-7-12(16(20)21)8-14(10(9)2)24(22,23)17-13-5-3-11(4-6-13)15(18)19/h3-8,17H,1-2H3,(H,18,19)(H,20,21). The minimum atomic E-state index is -4.02. The van der Waals surface area contributed by atoms with Crippen molar-refractivity contribution >= 4 is 27.6 Å². The van der Waals surface area contributed by atoms with Gasteiger partial charge in [0.25, 0.3) is 10.0 Å². The van der Waals surface area contributed by atoms with Crippen LogP contribution in [0.3, 0.4) is 0 Å². The van der Waals surface area contributed by atoms with E-state index >= 15 is 0 Å². The molecule has 8 heteroatoms. The number of sulfonamides is 1. The van der Waals surface area contributed by atoms with Crippen LogP contribution >= 0.6 is 0 Å². The van der Waals surface area contributed by atoms with Crippen LogP contribution < -0.4 is 4.72 Å². The Labute approximate surface area is 138 Å². The van der Waals surface area contributed by atoms with Gasteiger partial charge in [-0.2, -0.15) is 0 Å². The van der Waals surface area contributed by atoms with Crippen molar-refractivity contribution in [1.29, 1.82) is 0 Å². The molecule has 0 spiro atoms. The zero-order valence-corrected chi connectivity index (χ0v) is 13.7.